The highest BCUT2D eigenvalue weighted by atomic mass is 16.6. The number of likely N-dealkylation sites (tertiary alicyclic amines) is 1. The van der Waals surface area contributed by atoms with Gasteiger partial charge in [0, 0.05) is 13.0 Å². The summed E-state index contributed by atoms with van der Waals surface area (Å²) in [5.41, 5.74) is 1.20. The van der Waals surface area contributed by atoms with Gasteiger partial charge in [-0.1, -0.05) is 58.0 Å². The van der Waals surface area contributed by atoms with Gasteiger partial charge < -0.3 is 19.7 Å². The molecule has 0 aromatic heterocycles. The number of carbonyl (C=O) groups excluding carboxylic acids is 3. The van der Waals surface area contributed by atoms with Gasteiger partial charge in [-0.15, -0.1) is 0 Å². The normalized spacial score (nSPS) is 22.8. The Morgan fingerprint density at radius 3 is 2.45 bits per heavy atom. The quantitative estimate of drug-likeness (QED) is 0.512. The van der Waals surface area contributed by atoms with Gasteiger partial charge in [0.15, 0.2) is 0 Å². The molecule has 0 spiro atoms. The molecule has 7 heteroatoms. The second-order valence-electron chi connectivity index (χ2n) is 8.64. The number of imide groups is 1. The molecule has 2 aliphatic heterocycles. The van der Waals surface area contributed by atoms with E-state index in [0.717, 1.165) is 42.8 Å². The van der Waals surface area contributed by atoms with Crippen molar-refractivity contribution in [3.63, 3.8) is 0 Å². The predicted octanol–water partition coefficient (Wildman–Crippen LogP) is 4.39. The highest BCUT2D eigenvalue weighted by Gasteiger charge is 2.46. The predicted molar refractivity (Wildman–Crippen MR) is 121 cm³/mol. The molecule has 0 bridgehead atoms. The molecule has 3 rings (SSSR count). The number of piperidine rings is 1. The Balaban J connectivity index is 0.00000166. The monoisotopic (exact) mass is 431 g/mol. The Morgan fingerprint density at radius 1 is 1.19 bits per heavy atom. The van der Waals surface area contributed by atoms with E-state index < -0.39 is 24.3 Å². The molecule has 0 aliphatic carbocycles. The van der Waals surface area contributed by atoms with E-state index in [4.69, 9.17) is 4.74 Å². The van der Waals surface area contributed by atoms with Crippen molar-refractivity contribution in [2.75, 3.05) is 26.2 Å². The lowest BCUT2D eigenvalue weighted by Gasteiger charge is -2.36. The molecule has 0 radical (unpaired) electrons. The molecule has 1 aromatic carbocycles. The molecule has 2 aliphatic rings. The summed E-state index contributed by atoms with van der Waals surface area (Å²) in [6, 6.07) is 8.14. The van der Waals surface area contributed by atoms with Gasteiger partial charge in [-0.05, 0) is 49.9 Å². The molecule has 7 nitrogen and oxygen atoms in total. The lowest BCUT2D eigenvalue weighted by atomic mass is 9.83. The summed E-state index contributed by atoms with van der Waals surface area (Å²) < 4.78 is 5.31. The minimum atomic E-state index is -0.707. The van der Waals surface area contributed by atoms with Crippen molar-refractivity contribution >= 4 is 18.4 Å². The fourth-order valence-corrected chi connectivity index (χ4v) is 3.99. The second kappa shape index (κ2) is 11.8. The van der Waals surface area contributed by atoms with Gasteiger partial charge in [-0.2, -0.15) is 0 Å². The zero-order chi connectivity index (χ0) is 22.9. The van der Waals surface area contributed by atoms with E-state index in [0.29, 0.717) is 12.0 Å². The van der Waals surface area contributed by atoms with Crippen molar-refractivity contribution in [3.8, 4) is 0 Å². The molecule has 0 saturated carbocycles. The first-order valence-electron chi connectivity index (χ1n) is 11.4. The van der Waals surface area contributed by atoms with Crippen LogP contribution in [0.4, 0.5) is 9.59 Å². The third-order valence-electron chi connectivity index (χ3n) is 5.90. The summed E-state index contributed by atoms with van der Waals surface area (Å²) in [6.07, 6.45) is 2.61. The molecule has 172 valence electrons. The number of amides is 3. The van der Waals surface area contributed by atoms with Crippen LogP contribution < -0.4 is 5.32 Å². The van der Waals surface area contributed by atoms with Crippen LogP contribution in [0, 0.1) is 5.41 Å². The van der Waals surface area contributed by atoms with E-state index in [-0.39, 0.29) is 6.42 Å². The standard InChI is InChI=1S/C22H31N3O4.C2H6/c1-22(2)10-14-24(15-11-22)13-6-12-23-20(27)25-19(17-7-4-3-5-8-17)18(9-16-26)29-21(25)28;1-2/h3-5,7-8,16,18-19H,6,9-15H2,1-2H3,(H,23,27);1-2H3/t18-,19?;/m0./s1. The highest BCUT2D eigenvalue weighted by molar-refractivity contribution is 5.93. The van der Waals surface area contributed by atoms with Crippen molar-refractivity contribution in [2.45, 2.75) is 65.5 Å². The molecule has 2 fully saturated rings. The third-order valence-corrected chi connectivity index (χ3v) is 5.90. The van der Waals surface area contributed by atoms with Crippen LogP contribution in [0.2, 0.25) is 0 Å². The smallest absolute Gasteiger partial charge is 0.419 e. The van der Waals surface area contributed by atoms with Crippen LogP contribution in [0.25, 0.3) is 0 Å². The lowest BCUT2D eigenvalue weighted by Crippen LogP contribution is -2.44. The first kappa shape index (κ1) is 24.9. The molecule has 2 saturated heterocycles. The molecular weight excluding hydrogens is 394 g/mol. The summed E-state index contributed by atoms with van der Waals surface area (Å²) in [7, 11) is 0. The topological polar surface area (TPSA) is 79.0 Å². The fraction of sp³-hybridized carbons (Fsp3) is 0.625. The highest BCUT2D eigenvalue weighted by Crippen LogP contribution is 2.34. The fourth-order valence-electron chi connectivity index (χ4n) is 3.99. The number of cyclic esters (lactones) is 1. The van der Waals surface area contributed by atoms with Gasteiger partial charge in [-0.25, -0.2) is 14.5 Å². The number of benzene rings is 1. The number of nitrogens with one attached hydrogen (secondary N) is 1. The number of hydrogen-bond acceptors (Lipinski definition) is 5. The second-order valence-corrected chi connectivity index (χ2v) is 8.64. The van der Waals surface area contributed by atoms with Crippen molar-refractivity contribution in [1.29, 1.82) is 0 Å². The van der Waals surface area contributed by atoms with Gasteiger partial charge in [-0.3, -0.25) is 0 Å². The molecule has 1 aromatic rings. The first-order chi connectivity index (χ1) is 14.9. The van der Waals surface area contributed by atoms with Crippen LogP contribution in [0.15, 0.2) is 30.3 Å². The minimum Gasteiger partial charge on any atom is -0.443 e. The Morgan fingerprint density at radius 2 is 1.84 bits per heavy atom. The van der Waals surface area contributed by atoms with E-state index in [2.05, 4.69) is 24.1 Å². The zero-order valence-corrected chi connectivity index (χ0v) is 19.3. The average molecular weight is 432 g/mol. The van der Waals surface area contributed by atoms with Crippen LogP contribution in [0.5, 0.6) is 0 Å². The summed E-state index contributed by atoms with van der Waals surface area (Å²) in [5, 5.41) is 2.84. The van der Waals surface area contributed by atoms with Gasteiger partial charge in [0.25, 0.3) is 0 Å². The minimum absolute atomic E-state index is 0.0559. The maximum absolute atomic E-state index is 12.7. The molecular formula is C24H37N3O4. The average Bonchev–Trinajstić information content (AvgIpc) is 3.10. The van der Waals surface area contributed by atoms with E-state index in [1.807, 2.05) is 44.2 Å². The molecule has 31 heavy (non-hydrogen) atoms. The summed E-state index contributed by atoms with van der Waals surface area (Å²) in [5.74, 6) is 0. The first-order valence-corrected chi connectivity index (χ1v) is 11.4. The summed E-state index contributed by atoms with van der Waals surface area (Å²) >= 11 is 0. The number of rotatable bonds is 7. The molecule has 3 amide bonds. The van der Waals surface area contributed by atoms with Crippen molar-refractivity contribution in [3.05, 3.63) is 35.9 Å². The Labute approximate surface area is 186 Å². The molecule has 1 N–H and O–H groups in total. The van der Waals surface area contributed by atoms with Gasteiger partial charge in [0.05, 0.1) is 0 Å². The van der Waals surface area contributed by atoms with E-state index in [1.54, 1.807) is 0 Å². The van der Waals surface area contributed by atoms with Gasteiger partial charge >= 0.3 is 12.1 Å². The molecule has 2 heterocycles. The number of hydrogen-bond donors (Lipinski definition) is 1. The van der Waals surface area contributed by atoms with Crippen LogP contribution in [-0.2, 0) is 9.53 Å². The Kier molecular flexibility index (Phi) is 9.49. The van der Waals surface area contributed by atoms with Gasteiger partial charge in [0.1, 0.15) is 18.4 Å². The van der Waals surface area contributed by atoms with Crippen LogP contribution >= 0.6 is 0 Å². The van der Waals surface area contributed by atoms with E-state index >= 15 is 0 Å². The van der Waals surface area contributed by atoms with Gasteiger partial charge in [0.2, 0.25) is 0 Å². The number of nitrogens with zero attached hydrogens (tertiary/aromatic N) is 2. The number of aldehydes is 1. The SMILES string of the molecule is CC.CC1(C)CCN(CCCNC(=O)N2C(=O)O[C@@H](CC=O)C2c2ccccc2)CC1. The maximum Gasteiger partial charge on any atom is 0.419 e. The summed E-state index contributed by atoms with van der Waals surface area (Å²) in [4.78, 5) is 39.6. The maximum atomic E-state index is 12.7. The number of carbonyl (C=O) groups is 3. The lowest BCUT2D eigenvalue weighted by molar-refractivity contribution is -0.109. The number of ether oxygens (including phenoxy) is 1. The van der Waals surface area contributed by atoms with Crippen LogP contribution in [0.1, 0.15) is 65.0 Å². The third kappa shape index (κ3) is 6.79. The Bertz CT molecular complexity index is 713. The largest absolute Gasteiger partial charge is 0.443 e. The Hall–Kier alpha value is -2.41. The van der Waals surface area contributed by atoms with Crippen molar-refractivity contribution in [2.24, 2.45) is 5.41 Å². The summed E-state index contributed by atoms with van der Waals surface area (Å²) in [6.45, 7) is 12.2. The molecule has 2 atom stereocenters. The van der Waals surface area contributed by atoms with Crippen molar-refractivity contribution in [1.82, 2.24) is 15.1 Å². The van der Waals surface area contributed by atoms with Crippen molar-refractivity contribution < 1.29 is 19.1 Å². The van der Waals surface area contributed by atoms with E-state index in [1.165, 1.54) is 12.8 Å². The van der Waals surface area contributed by atoms with E-state index in [9.17, 15) is 14.4 Å². The van der Waals surface area contributed by atoms with Crippen LogP contribution in [-0.4, -0.2) is 60.5 Å². The van der Waals surface area contributed by atoms with Crippen LogP contribution in [0.3, 0.4) is 0 Å². The zero-order valence-electron chi connectivity index (χ0n) is 19.3. The number of urea groups is 1. The molecule has 1 unspecified atom stereocenters.